The molecule has 0 amide bonds. The number of benzene rings is 1. The van der Waals surface area contributed by atoms with Crippen LogP contribution in [0.25, 0.3) is 0 Å². The number of methoxy groups -OCH3 is 1. The average molecular weight is 347 g/mol. The number of nitrogen functional groups attached to an aromatic ring is 1. The van der Waals surface area contributed by atoms with Crippen molar-refractivity contribution in [2.45, 2.75) is 19.3 Å². The molecule has 2 rings (SSSR count). The SMILES string of the molecule is COc1cc(CNCc2cnc(N)s2)ccc1OCC(F)(F)F. The summed E-state index contributed by atoms with van der Waals surface area (Å²) < 4.78 is 46.4. The van der Waals surface area contributed by atoms with Crippen LogP contribution in [0.4, 0.5) is 18.3 Å². The van der Waals surface area contributed by atoms with Crippen molar-refractivity contribution in [3.8, 4) is 11.5 Å². The predicted octanol–water partition coefficient (Wildman–Crippen LogP) is 2.96. The highest BCUT2D eigenvalue weighted by atomic mass is 32.1. The summed E-state index contributed by atoms with van der Waals surface area (Å²) in [5.41, 5.74) is 6.40. The van der Waals surface area contributed by atoms with Crippen LogP contribution in [-0.4, -0.2) is 24.9 Å². The molecule has 23 heavy (non-hydrogen) atoms. The number of halogens is 3. The Hall–Kier alpha value is -2.00. The van der Waals surface area contributed by atoms with Crippen LogP contribution in [0.5, 0.6) is 11.5 Å². The number of rotatable bonds is 7. The molecule has 0 radical (unpaired) electrons. The first-order chi connectivity index (χ1) is 10.9. The molecule has 0 atom stereocenters. The molecular formula is C14H16F3N3O2S. The molecule has 0 unspecified atom stereocenters. The molecule has 0 aliphatic carbocycles. The zero-order valence-corrected chi connectivity index (χ0v) is 13.1. The van der Waals surface area contributed by atoms with Gasteiger partial charge in [-0.3, -0.25) is 0 Å². The fraction of sp³-hybridized carbons (Fsp3) is 0.357. The Morgan fingerprint density at radius 1 is 1.26 bits per heavy atom. The van der Waals surface area contributed by atoms with Crippen LogP contribution in [0.2, 0.25) is 0 Å². The maximum Gasteiger partial charge on any atom is 0.422 e. The number of hydrogen-bond donors (Lipinski definition) is 2. The molecule has 0 spiro atoms. The minimum Gasteiger partial charge on any atom is -0.493 e. The second kappa shape index (κ2) is 7.51. The van der Waals surface area contributed by atoms with Gasteiger partial charge < -0.3 is 20.5 Å². The van der Waals surface area contributed by atoms with E-state index in [-0.39, 0.29) is 11.5 Å². The first-order valence-electron chi connectivity index (χ1n) is 6.65. The van der Waals surface area contributed by atoms with E-state index in [2.05, 4.69) is 10.3 Å². The standard InChI is InChI=1S/C14H16F3N3O2S/c1-21-12-4-9(2-3-11(12)22-8-14(15,16)17)5-19-6-10-7-20-13(18)23-10/h2-4,7,19H,5-6,8H2,1H3,(H2,18,20). The van der Waals surface area contributed by atoms with Gasteiger partial charge in [0.25, 0.3) is 0 Å². The Morgan fingerprint density at radius 3 is 2.65 bits per heavy atom. The van der Waals surface area contributed by atoms with Crippen LogP contribution in [0.15, 0.2) is 24.4 Å². The highest BCUT2D eigenvalue weighted by Crippen LogP contribution is 2.29. The lowest BCUT2D eigenvalue weighted by Gasteiger charge is -2.13. The topological polar surface area (TPSA) is 69.4 Å². The molecule has 1 aromatic carbocycles. The highest BCUT2D eigenvalue weighted by Gasteiger charge is 2.29. The molecule has 0 saturated carbocycles. The quantitative estimate of drug-likeness (QED) is 0.806. The lowest BCUT2D eigenvalue weighted by atomic mass is 10.2. The monoisotopic (exact) mass is 347 g/mol. The number of nitrogens with one attached hydrogen (secondary N) is 1. The van der Waals surface area contributed by atoms with Crippen molar-refractivity contribution < 1.29 is 22.6 Å². The largest absolute Gasteiger partial charge is 0.493 e. The predicted molar refractivity (Wildman–Crippen MR) is 81.6 cm³/mol. The van der Waals surface area contributed by atoms with E-state index in [0.717, 1.165) is 10.4 Å². The molecule has 0 aliphatic heterocycles. The van der Waals surface area contributed by atoms with Gasteiger partial charge in [-0.05, 0) is 17.7 Å². The Morgan fingerprint density at radius 2 is 2.04 bits per heavy atom. The zero-order valence-electron chi connectivity index (χ0n) is 12.3. The molecule has 126 valence electrons. The summed E-state index contributed by atoms with van der Waals surface area (Å²) in [7, 11) is 1.38. The van der Waals surface area contributed by atoms with E-state index >= 15 is 0 Å². The number of thiazole rings is 1. The van der Waals surface area contributed by atoms with Crippen LogP contribution in [-0.2, 0) is 13.1 Å². The molecule has 0 bridgehead atoms. The van der Waals surface area contributed by atoms with Crippen molar-refractivity contribution in [1.82, 2.24) is 10.3 Å². The molecule has 1 heterocycles. The van der Waals surface area contributed by atoms with Gasteiger partial charge in [-0.15, -0.1) is 11.3 Å². The van der Waals surface area contributed by atoms with E-state index in [4.69, 9.17) is 15.2 Å². The summed E-state index contributed by atoms with van der Waals surface area (Å²) in [4.78, 5) is 4.95. The van der Waals surface area contributed by atoms with Crippen molar-refractivity contribution in [3.05, 3.63) is 34.8 Å². The Labute approximate surface area is 135 Å². The van der Waals surface area contributed by atoms with E-state index in [9.17, 15) is 13.2 Å². The van der Waals surface area contributed by atoms with E-state index < -0.39 is 12.8 Å². The van der Waals surface area contributed by atoms with Crippen molar-refractivity contribution in [2.24, 2.45) is 0 Å². The number of hydrogen-bond acceptors (Lipinski definition) is 6. The van der Waals surface area contributed by atoms with Gasteiger partial charge in [-0.25, -0.2) is 4.98 Å². The van der Waals surface area contributed by atoms with Gasteiger partial charge >= 0.3 is 6.18 Å². The van der Waals surface area contributed by atoms with Gasteiger partial charge in [0.1, 0.15) is 0 Å². The molecule has 1 aromatic heterocycles. The lowest BCUT2D eigenvalue weighted by molar-refractivity contribution is -0.153. The van der Waals surface area contributed by atoms with Crippen LogP contribution in [0.3, 0.4) is 0 Å². The number of nitrogens with zero attached hydrogens (tertiary/aromatic N) is 1. The maximum atomic E-state index is 12.2. The van der Waals surface area contributed by atoms with Crippen molar-refractivity contribution in [3.63, 3.8) is 0 Å². The molecule has 9 heteroatoms. The molecule has 0 fully saturated rings. The highest BCUT2D eigenvalue weighted by molar-refractivity contribution is 7.15. The number of anilines is 1. The van der Waals surface area contributed by atoms with Gasteiger partial charge in [-0.1, -0.05) is 6.07 Å². The maximum absolute atomic E-state index is 12.2. The van der Waals surface area contributed by atoms with E-state index in [1.54, 1.807) is 18.3 Å². The summed E-state index contributed by atoms with van der Waals surface area (Å²) in [5.74, 6) is 0.319. The molecule has 3 N–H and O–H groups in total. The van der Waals surface area contributed by atoms with Crippen molar-refractivity contribution >= 4 is 16.5 Å². The molecular weight excluding hydrogens is 331 g/mol. The second-order valence-electron chi connectivity index (χ2n) is 4.66. The first kappa shape index (κ1) is 17.4. The minimum absolute atomic E-state index is 0.0591. The van der Waals surface area contributed by atoms with Crippen LogP contribution < -0.4 is 20.5 Å². The van der Waals surface area contributed by atoms with Crippen molar-refractivity contribution in [2.75, 3.05) is 19.5 Å². The smallest absolute Gasteiger partial charge is 0.422 e. The fourth-order valence-corrected chi connectivity index (χ4v) is 2.49. The summed E-state index contributed by atoms with van der Waals surface area (Å²) in [6.07, 6.45) is -2.69. The van der Waals surface area contributed by atoms with E-state index in [0.29, 0.717) is 18.2 Å². The third kappa shape index (κ3) is 5.61. The summed E-state index contributed by atoms with van der Waals surface area (Å²) >= 11 is 1.39. The van der Waals surface area contributed by atoms with Gasteiger partial charge in [-0.2, -0.15) is 13.2 Å². The third-order valence-corrected chi connectivity index (χ3v) is 3.65. The Bertz CT molecular complexity index is 646. The Kier molecular flexibility index (Phi) is 5.67. The molecule has 0 aliphatic rings. The zero-order chi connectivity index (χ0) is 16.9. The van der Waals surface area contributed by atoms with Gasteiger partial charge in [0.05, 0.1) is 7.11 Å². The van der Waals surface area contributed by atoms with Gasteiger partial charge in [0.15, 0.2) is 23.2 Å². The van der Waals surface area contributed by atoms with E-state index in [1.807, 2.05) is 0 Å². The number of aromatic nitrogens is 1. The van der Waals surface area contributed by atoms with Crippen molar-refractivity contribution in [1.29, 1.82) is 0 Å². The first-order valence-corrected chi connectivity index (χ1v) is 7.46. The summed E-state index contributed by atoms with van der Waals surface area (Å²) in [6, 6.07) is 4.79. The molecule has 5 nitrogen and oxygen atoms in total. The van der Waals surface area contributed by atoms with E-state index in [1.165, 1.54) is 24.5 Å². The van der Waals surface area contributed by atoms with Crippen LogP contribution >= 0.6 is 11.3 Å². The van der Waals surface area contributed by atoms with Crippen LogP contribution in [0.1, 0.15) is 10.4 Å². The fourth-order valence-electron chi connectivity index (χ4n) is 1.84. The number of nitrogens with two attached hydrogens (primary N) is 1. The summed E-state index contributed by atoms with van der Waals surface area (Å²) in [5, 5.41) is 3.71. The second-order valence-corrected chi connectivity index (χ2v) is 5.80. The van der Waals surface area contributed by atoms with Gasteiger partial charge in [0.2, 0.25) is 0 Å². The normalized spacial score (nSPS) is 11.5. The average Bonchev–Trinajstić information content (AvgIpc) is 2.90. The summed E-state index contributed by atoms with van der Waals surface area (Å²) in [6.45, 7) is -0.231. The Balaban J connectivity index is 1.92. The van der Waals surface area contributed by atoms with Crippen LogP contribution in [0, 0.1) is 0 Å². The number of alkyl halides is 3. The minimum atomic E-state index is -4.39. The third-order valence-electron chi connectivity index (χ3n) is 2.82. The molecule has 2 aromatic rings. The molecule has 0 saturated heterocycles. The lowest BCUT2D eigenvalue weighted by Crippen LogP contribution is -2.19. The van der Waals surface area contributed by atoms with Gasteiger partial charge in [0, 0.05) is 24.2 Å². The number of ether oxygens (including phenoxy) is 2.